The van der Waals surface area contributed by atoms with Gasteiger partial charge in [0.1, 0.15) is 5.82 Å². The first-order valence-corrected chi connectivity index (χ1v) is 7.28. The lowest BCUT2D eigenvalue weighted by atomic mass is 10.3. The predicted molar refractivity (Wildman–Crippen MR) is 77.6 cm³/mol. The molecule has 1 aromatic rings. The second-order valence-corrected chi connectivity index (χ2v) is 5.24. The molecule has 1 fully saturated rings. The number of thioether (sulfide) groups is 1. The lowest BCUT2D eigenvalue weighted by Crippen LogP contribution is -2.41. The van der Waals surface area contributed by atoms with E-state index in [4.69, 9.17) is 0 Å². The molecule has 2 rings (SSSR count). The quantitative estimate of drug-likeness (QED) is 0.789. The van der Waals surface area contributed by atoms with Crippen LogP contribution in [0.2, 0.25) is 0 Å². The van der Waals surface area contributed by atoms with Crippen LogP contribution in [0.1, 0.15) is 0 Å². The Bertz CT molecular complexity index is 604. The van der Waals surface area contributed by atoms with Gasteiger partial charge in [-0.2, -0.15) is 0 Å². The zero-order valence-electron chi connectivity index (χ0n) is 11.3. The van der Waals surface area contributed by atoms with Crippen LogP contribution in [0.5, 0.6) is 0 Å². The summed E-state index contributed by atoms with van der Waals surface area (Å²) < 4.78 is 12.7. The van der Waals surface area contributed by atoms with Crippen LogP contribution in [-0.4, -0.2) is 46.7 Å². The Morgan fingerprint density at radius 1 is 1.18 bits per heavy atom. The number of rotatable bonds is 4. The molecule has 0 unspecified atom stereocenters. The van der Waals surface area contributed by atoms with E-state index in [9.17, 15) is 23.6 Å². The lowest BCUT2D eigenvalue weighted by molar-refractivity contribution is -0.136. The number of halogens is 1. The van der Waals surface area contributed by atoms with E-state index in [1.54, 1.807) is 0 Å². The van der Waals surface area contributed by atoms with Crippen LogP contribution in [0.4, 0.5) is 14.9 Å². The highest BCUT2D eigenvalue weighted by Crippen LogP contribution is 2.17. The molecule has 22 heavy (non-hydrogen) atoms. The van der Waals surface area contributed by atoms with Crippen LogP contribution in [0.3, 0.4) is 0 Å². The maximum atomic E-state index is 12.7. The molecule has 1 aliphatic rings. The summed E-state index contributed by atoms with van der Waals surface area (Å²) in [7, 11) is 0. The highest BCUT2D eigenvalue weighted by molar-refractivity contribution is 8.14. The fourth-order valence-corrected chi connectivity index (χ4v) is 2.43. The normalized spacial score (nSPS) is 14.1. The fraction of sp³-hybridized carbons (Fsp3) is 0.231. The van der Waals surface area contributed by atoms with Crippen LogP contribution in [0, 0.1) is 5.82 Å². The molecule has 0 radical (unpaired) electrons. The summed E-state index contributed by atoms with van der Waals surface area (Å²) in [5.41, 5.74) is 0.280. The largest absolute Gasteiger partial charge is 0.346 e. The summed E-state index contributed by atoms with van der Waals surface area (Å²) in [4.78, 5) is 46.8. The Balaban J connectivity index is 1.77. The minimum absolute atomic E-state index is 0.0141. The summed E-state index contributed by atoms with van der Waals surface area (Å²) in [5, 5.41) is 4.23. The molecule has 0 bridgehead atoms. The number of imide groups is 1. The number of anilines is 1. The van der Waals surface area contributed by atoms with Crippen LogP contribution in [-0.2, 0) is 14.4 Å². The molecule has 0 aromatic heterocycles. The molecule has 1 aromatic carbocycles. The first kappa shape index (κ1) is 16.0. The molecule has 2 N–H and O–H groups in total. The Hall–Kier alpha value is -2.42. The van der Waals surface area contributed by atoms with Gasteiger partial charge in [0.2, 0.25) is 5.91 Å². The molecular formula is C13H12FN3O4S. The molecule has 0 aliphatic carbocycles. The average molecular weight is 325 g/mol. The molecule has 0 atom stereocenters. The van der Waals surface area contributed by atoms with E-state index in [0.717, 1.165) is 28.8 Å². The summed E-state index contributed by atoms with van der Waals surface area (Å²) in [6, 6.07) is 4.93. The predicted octanol–water partition coefficient (Wildman–Crippen LogP) is 0.576. The Morgan fingerprint density at radius 2 is 1.86 bits per heavy atom. The number of benzene rings is 1. The molecule has 0 spiro atoms. The summed E-state index contributed by atoms with van der Waals surface area (Å²) in [6.07, 6.45) is 0. The van der Waals surface area contributed by atoms with Crippen molar-refractivity contribution in [3.63, 3.8) is 0 Å². The van der Waals surface area contributed by atoms with Crippen molar-refractivity contribution in [2.75, 3.05) is 24.2 Å². The molecule has 9 heteroatoms. The van der Waals surface area contributed by atoms with Crippen molar-refractivity contribution in [3.8, 4) is 0 Å². The Kier molecular flexibility index (Phi) is 5.10. The number of nitrogens with one attached hydrogen (secondary N) is 2. The molecule has 1 heterocycles. The van der Waals surface area contributed by atoms with Gasteiger partial charge in [-0.3, -0.25) is 24.1 Å². The van der Waals surface area contributed by atoms with Crippen LogP contribution in [0.15, 0.2) is 24.3 Å². The topological polar surface area (TPSA) is 95.6 Å². The minimum Gasteiger partial charge on any atom is -0.346 e. The smallest absolute Gasteiger partial charge is 0.313 e. The van der Waals surface area contributed by atoms with Crippen molar-refractivity contribution >= 4 is 40.4 Å². The van der Waals surface area contributed by atoms with Gasteiger partial charge in [-0.05, 0) is 24.3 Å². The van der Waals surface area contributed by atoms with Crippen LogP contribution < -0.4 is 10.6 Å². The minimum atomic E-state index is -0.917. The van der Waals surface area contributed by atoms with Crippen molar-refractivity contribution in [1.82, 2.24) is 10.2 Å². The molecule has 1 saturated heterocycles. The van der Waals surface area contributed by atoms with Crippen molar-refractivity contribution < 1.29 is 23.6 Å². The van der Waals surface area contributed by atoms with Gasteiger partial charge in [0, 0.05) is 18.8 Å². The maximum absolute atomic E-state index is 12.7. The van der Waals surface area contributed by atoms with Gasteiger partial charge in [0.15, 0.2) is 0 Å². The van der Waals surface area contributed by atoms with Crippen LogP contribution >= 0.6 is 11.8 Å². The summed E-state index contributed by atoms with van der Waals surface area (Å²) in [6.45, 7) is -0.00601. The monoisotopic (exact) mass is 325 g/mol. The fourth-order valence-electron chi connectivity index (χ4n) is 1.68. The lowest BCUT2D eigenvalue weighted by Gasteiger charge is -2.13. The zero-order valence-corrected chi connectivity index (χ0v) is 12.1. The third kappa shape index (κ3) is 4.04. The number of hydrogen-bond donors (Lipinski definition) is 2. The Labute approximate surface area is 129 Å². The number of hydrogen-bond acceptors (Lipinski definition) is 5. The molecule has 1 aliphatic heterocycles. The van der Waals surface area contributed by atoms with Gasteiger partial charge in [0.05, 0.1) is 5.75 Å². The molecule has 4 amide bonds. The van der Waals surface area contributed by atoms with E-state index in [1.807, 2.05) is 0 Å². The number of nitrogens with zero attached hydrogens (tertiary/aromatic N) is 1. The van der Waals surface area contributed by atoms with E-state index >= 15 is 0 Å². The highest BCUT2D eigenvalue weighted by atomic mass is 32.2. The second-order valence-electron chi connectivity index (χ2n) is 4.32. The molecular weight excluding hydrogens is 313 g/mol. The number of amides is 4. The number of carbonyl (C=O) groups excluding carboxylic acids is 4. The maximum Gasteiger partial charge on any atom is 0.313 e. The third-order valence-electron chi connectivity index (χ3n) is 2.77. The van der Waals surface area contributed by atoms with Gasteiger partial charge >= 0.3 is 11.8 Å². The van der Waals surface area contributed by atoms with E-state index < -0.39 is 17.6 Å². The number of carbonyl (C=O) groups is 4. The first-order valence-electron chi connectivity index (χ1n) is 6.29. The van der Waals surface area contributed by atoms with Crippen molar-refractivity contribution in [2.24, 2.45) is 0 Å². The highest BCUT2D eigenvalue weighted by Gasteiger charge is 2.29. The first-order chi connectivity index (χ1) is 10.5. The van der Waals surface area contributed by atoms with Gasteiger partial charge in [-0.15, -0.1) is 0 Å². The van der Waals surface area contributed by atoms with E-state index in [2.05, 4.69) is 10.6 Å². The van der Waals surface area contributed by atoms with Crippen molar-refractivity contribution in [1.29, 1.82) is 0 Å². The van der Waals surface area contributed by atoms with Crippen molar-refractivity contribution in [3.05, 3.63) is 30.1 Å². The second kappa shape index (κ2) is 7.03. The SMILES string of the molecule is O=C(NCCN1C(=O)CSC1=O)C(=O)Nc1ccc(F)cc1. The molecule has 0 saturated carbocycles. The average Bonchev–Trinajstić information content (AvgIpc) is 2.81. The third-order valence-corrected chi connectivity index (χ3v) is 3.63. The van der Waals surface area contributed by atoms with Gasteiger partial charge in [-0.1, -0.05) is 11.8 Å². The summed E-state index contributed by atoms with van der Waals surface area (Å²) >= 11 is 0.896. The van der Waals surface area contributed by atoms with Gasteiger partial charge in [0.25, 0.3) is 5.24 Å². The van der Waals surface area contributed by atoms with Gasteiger partial charge in [-0.25, -0.2) is 4.39 Å². The Morgan fingerprint density at radius 3 is 2.45 bits per heavy atom. The van der Waals surface area contributed by atoms with Crippen molar-refractivity contribution in [2.45, 2.75) is 0 Å². The standard InChI is InChI=1S/C13H12FN3O4S/c14-8-1-3-9(4-2-8)16-12(20)11(19)15-5-6-17-10(18)7-22-13(17)21/h1-4H,5-7H2,(H,15,19)(H,16,20). The van der Waals surface area contributed by atoms with E-state index in [-0.39, 0.29) is 35.7 Å². The zero-order chi connectivity index (χ0) is 16.1. The van der Waals surface area contributed by atoms with Gasteiger partial charge < -0.3 is 10.6 Å². The summed E-state index contributed by atoms with van der Waals surface area (Å²) in [5.74, 6) is -2.51. The van der Waals surface area contributed by atoms with Crippen LogP contribution in [0.25, 0.3) is 0 Å². The van der Waals surface area contributed by atoms with E-state index in [1.165, 1.54) is 12.1 Å². The molecule has 7 nitrogen and oxygen atoms in total. The van der Waals surface area contributed by atoms with E-state index in [0.29, 0.717) is 0 Å². The molecule has 116 valence electrons.